The summed E-state index contributed by atoms with van der Waals surface area (Å²) in [5.74, 6) is 0.735. The quantitative estimate of drug-likeness (QED) is 0.721. The molecule has 1 aliphatic rings. The maximum Gasteiger partial charge on any atom is 0.239 e. The predicted molar refractivity (Wildman–Crippen MR) is 72.4 cm³/mol. The van der Waals surface area contributed by atoms with Crippen LogP contribution >= 0.6 is 0 Å². The summed E-state index contributed by atoms with van der Waals surface area (Å²) in [7, 11) is 1.73. The van der Waals surface area contributed by atoms with Crippen LogP contribution in [0, 0.1) is 11.8 Å². The Morgan fingerprint density at radius 3 is 2.37 bits per heavy atom. The summed E-state index contributed by atoms with van der Waals surface area (Å²) in [6.07, 6.45) is 4.54. The average molecular weight is 268 g/mol. The van der Waals surface area contributed by atoms with Gasteiger partial charge < -0.3 is 15.4 Å². The van der Waals surface area contributed by atoms with Gasteiger partial charge in [-0.3, -0.25) is 9.59 Å². The average Bonchev–Trinajstić information content (AvgIpc) is 2.38. The number of rotatable bonds is 6. The fourth-order valence-electron chi connectivity index (χ4n) is 2.72. The lowest BCUT2D eigenvalue weighted by molar-refractivity contribution is -0.133. The highest BCUT2D eigenvalue weighted by atomic mass is 16.2. The second kappa shape index (κ2) is 7.38. The zero-order chi connectivity index (χ0) is 14.4. The molecule has 0 spiro atoms. The Bertz CT molecular complexity index is 336. The first-order valence-corrected chi connectivity index (χ1v) is 6.90. The fourth-order valence-corrected chi connectivity index (χ4v) is 2.72. The number of ketones is 1. The van der Waals surface area contributed by atoms with Gasteiger partial charge in [0.25, 0.3) is 0 Å². The first-order valence-electron chi connectivity index (χ1n) is 6.90. The lowest BCUT2D eigenvalue weighted by Crippen LogP contribution is -2.44. The summed E-state index contributed by atoms with van der Waals surface area (Å²) >= 11 is 0. The first-order chi connectivity index (χ1) is 8.95. The van der Waals surface area contributed by atoms with Gasteiger partial charge in [0.1, 0.15) is 12.1 Å². The zero-order valence-electron chi connectivity index (χ0n) is 11.8. The molecular weight excluding hydrogens is 244 g/mol. The number of aldehydes is 1. The topological polar surface area (TPSA) is 80.5 Å². The van der Waals surface area contributed by atoms with Crippen molar-refractivity contribution < 1.29 is 14.4 Å². The van der Waals surface area contributed by atoms with E-state index in [9.17, 15) is 14.4 Å². The van der Waals surface area contributed by atoms with Crippen LogP contribution in [0.25, 0.3) is 0 Å². The third-order valence-electron chi connectivity index (χ3n) is 4.00. The third kappa shape index (κ3) is 4.74. The van der Waals surface area contributed by atoms with Gasteiger partial charge in [0.15, 0.2) is 0 Å². The predicted octanol–water partition coefficient (Wildman–Crippen LogP) is 0.757. The van der Waals surface area contributed by atoms with Crippen molar-refractivity contribution in [2.24, 2.45) is 17.6 Å². The van der Waals surface area contributed by atoms with Gasteiger partial charge in [0, 0.05) is 25.9 Å². The van der Waals surface area contributed by atoms with E-state index < -0.39 is 6.04 Å². The van der Waals surface area contributed by atoms with E-state index >= 15 is 0 Å². The molecule has 19 heavy (non-hydrogen) atoms. The van der Waals surface area contributed by atoms with Crippen LogP contribution in [0.15, 0.2) is 0 Å². The summed E-state index contributed by atoms with van der Waals surface area (Å²) in [4.78, 5) is 35.1. The van der Waals surface area contributed by atoms with Gasteiger partial charge in [-0.15, -0.1) is 0 Å². The Balaban J connectivity index is 2.37. The Kier molecular flexibility index (Phi) is 6.15. The zero-order valence-corrected chi connectivity index (χ0v) is 11.8. The molecule has 1 rings (SSSR count). The number of likely N-dealkylation sites (N-methyl/N-ethyl adjacent to an activating group) is 1. The normalized spacial score (nSPS) is 24.6. The van der Waals surface area contributed by atoms with Gasteiger partial charge in [-0.1, -0.05) is 0 Å². The van der Waals surface area contributed by atoms with Gasteiger partial charge in [0.05, 0.1) is 6.04 Å². The molecule has 2 N–H and O–H groups in total. The second-order valence-electron chi connectivity index (χ2n) is 5.56. The number of carbonyl (C=O) groups is 3. The summed E-state index contributed by atoms with van der Waals surface area (Å²) < 4.78 is 0. The number of amides is 1. The van der Waals surface area contributed by atoms with E-state index in [0.29, 0.717) is 18.7 Å². The maximum atomic E-state index is 11.9. The van der Waals surface area contributed by atoms with Crippen LogP contribution in [0.3, 0.4) is 0 Å². The lowest BCUT2D eigenvalue weighted by Gasteiger charge is -2.31. The van der Waals surface area contributed by atoms with Crippen molar-refractivity contribution in [2.45, 2.75) is 45.1 Å². The largest absolute Gasteiger partial charge is 0.344 e. The highest BCUT2D eigenvalue weighted by Gasteiger charge is 2.26. The molecule has 0 aliphatic heterocycles. The van der Waals surface area contributed by atoms with E-state index in [4.69, 9.17) is 5.73 Å². The van der Waals surface area contributed by atoms with Crippen LogP contribution in [0.2, 0.25) is 0 Å². The monoisotopic (exact) mass is 268 g/mol. The number of hydrogen-bond donors (Lipinski definition) is 1. The van der Waals surface area contributed by atoms with E-state index in [2.05, 4.69) is 0 Å². The molecule has 1 fully saturated rings. The minimum absolute atomic E-state index is 0.0697. The van der Waals surface area contributed by atoms with Crippen molar-refractivity contribution in [3.8, 4) is 0 Å². The minimum atomic E-state index is -0.726. The standard InChI is InChI=1S/C14H24N2O3/c1-10(18)12-5-3-11(4-6-12)9-16(2)14(19)13(15)7-8-17/h8,11-13H,3-7,9,15H2,1-2H3. The molecule has 0 aromatic heterocycles. The molecule has 1 atom stereocenters. The highest BCUT2D eigenvalue weighted by Crippen LogP contribution is 2.29. The van der Waals surface area contributed by atoms with E-state index in [1.807, 2.05) is 0 Å². The number of nitrogens with zero attached hydrogens (tertiary/aromatic N) is 1. The summed E-state index contributed by atoms with van der Waals surface area (Å²) in [5.41, 5.74) is 5.63. The Labute approximate surface area is 114 Å². The second-order valence-corrected chi connectivity index (χ2v) is 5.56. The maximum absolute atomic E-state index is 11.9. The molecule has 0 aromatic rings. The van der Waals surface area contributed by atoms with Gasteiger partial charge in [-0.25, -0.2) is 0 Å². The molecule has 0 heterocycles. The van der Waals surface area contributed by atoms with Crippen molar-refractivity contribution in [1.82, 2.24) is 4.90 Å². The molecule has 5 heteroatoms. The summed E-state index contributed by atoms with van der Waals surface area (Å²) in [5, 5.41) is 0. The molecule has 0 aromatic carbocycles. The van der Waals surface area contributed by atoms with E-state index in [1.54, 1.807) is 18.9 Å². The number of carbonyl (C=O) groups excluding carboxylic acids is 3. The van der Waals surface area contributed by atoms with Crippen molar-refractivity contribution >= 4 is 18.0 Å². The van der Waals surface area contributed by atoms with Crippen LogP contribution in [0.5, 0.6) is 0 Å². The Morgan fingerprint density at radius 2 is 1.89 bits per heavy atom. The smallest absolute Gasteiger partial charge is 0.239 e. The molecular formula is C14H24N2O3. The lowest BCUT2D eigenvalue weighted by atomic mass is 9.80. The van der Waals surface area contributed by atoms with Crippen LogP contribution in [0.4, 0.5) is 0 Å². The molecule has 0 saturated heterocycles. The number of Topliss-reactive ketones (excluding diaryl/α,β-unsaturated/α-hetero) is 1. The fraction of sp³-hybridized carbons (Fsp3) is 0.786. The van der Waals surface area contributed by atoms with E-state index in [0.717, 1.165) is 25.7 Å². The summed E-state index contributed by atoms with van der Waals surface area (Å²) in [6.45, 7) is 2.31. The molecule has 1 amide bonds. The molecule has 1 saturated carbocycles. The van der Waals surface area contributed by atoms with Gasteiger partial charge in [-0.2, -0.15) is 0 Å². The summed E-state index contributed by atoms with van der Waals surface area (Å²) in [6, 6.07) is -0.726. The van der Waals surface area contributed by atoms with Gasteiger partial charge in [0.2, 0.25) is 5.91 Å². The van der Waals surface area contributed by atoms with E-state index in [-0.39, 0.29) is 24.0 Å². The molecule has 5 nitrogen and oxygen atoms in total. The highest BCUT2D eigenvalue weighted by molar-refractivity contribution is 5.83. The van der Waals surface area contributed by atoms with Crippen LogP contribution < -0.4 is 5.73 Å². The Hall–Kier alpha value is -1.23. The molecule has 1 aliphatic carbocycles. The van der Waals surface area contributed by atoms with Crippen LogP contribution in [-0.2, 0) is 14.4 Å². The number of nitrogens with two attached hydrogens (primary N) is 1. The SMILES string of the molecule is CC(=O)C1CCC(CN(C)C(=O)C(N)CC=O)CC1. The van der Waals surface area contributed by atoms with Crippen LogP contribution in [-0.4, -0.2) is 42.5 Å². The van der Waals surface area contributed by atoms with Crippen LogP contribution in [0.1, 0.15) is 39.0 Å². The van der Waals surface area contributed by atoms with Gasteiger partial charge in [-0.05, 0) is 38.5 Å². The van der Waals surface area contributed by atoms with Crippen molar-refractivity contribution in [3.05, 3.63) is 0 Å². The van der Waals surface area contributed by atoms with E-state index in [1.165, 1.54) is 0 Å². The van der Waals surface area contributed by atoms with Crippen molar-refractivity contribution in [2.75, 3.05) is 13.6 Å². The molecule has 0 radical (unpaired) electrons. The van der Waals surface area contributed by atoms with Crippen molar-refractivity contribution in [3.63, 3.8) is 0 Å². The van der Waals surface area contributed by atoms with Crippen molar-refractivity contribution in [1.29, 1.82) is 0 Å². The molecule has 0 bridgehead atoms. The third-order valence-corrected chi connectivity index (χ3v) is 4.00. The minimum Gasteiger partial charge on any atom is -0.344 e. The first kappa shape index (κ1) is 15.8. The number of hydrogen-bond acceptors (Lipinski definition) is 4. The molecule has 108 valence electrons. The molecule has 1 unspecified atom stereocenters. The van der Waals surface area contributed by atoms with Gasteiger partial charge >= 0.3 is 0 Å². The Morgan fingerprint density at radius 1 is 1.32 bits per heavy atom.